The number of amides is 3. The molecule has 2 fully saturated rings. The highest BCUT2D eigenvalue weighted by Gasteiger charge is 2.34. The fraction of sp³-hybridized carbons (Fsp3) is 0.458. The first-order valence-corrected chi connectivity index (χ1v) is 12.3. The van der Waals surface area contributed by atoms with Crippen LogP contribution >= 0.6 is 0 Å². The van der Waals surface area contributed by atoms with Crippen LogP contribution in [0.5, 0.6) is 0 Å². The van der Waals surface area contributed by atoms with Gasteiger partial charge < -0.3 is 25.3 Å². The van der Waals surface area contributed by atoms with Crippen LogP contribution in [0.3, 0.4) is 0 Å². The second kappa shape index (κ2) is 10.9. The number of anilines is 3. The topological polar surface area (TPSA) is 147 Å². The number of rotatable bonds is 5. The third-order valence-electron chi connectivity index (χ3n) is 6.40. The van der Waals surface area contributed by atoms with Crippen molar-refractivity contribution >= 4 is 40.9 Å². The lowest BCUT2D eigenvalue weighted by atomic mass is 10.1. The van der Waals surface area contributed by atoms with Crippen LogP contribution in [0.2, 0.25) is 0 Å². The van der Waals surface area contributed by atoms with Gasteiger partial charge in [-0.3, -0.25) is 16.0 Å². The second-order valence-corrected chi connectivity index (χ2v) is 9.24. The Morgan fingerprint density at radius 2 is 1.78 bits per heavy atom. The summed E-state index contributed by atoms with van der Waals surface area (Å²) < 4.78 is 0. The molecule has 2 aromatic rings. The molecule has 4 rings (SSSR count). The summed E-state index contributed by atoms with van der Waals surface area (Å²) in [6, 6.07) is 8.95. The van der Waals surface area contributed by atoms with Gasteiger partial charge in [0.15, 0.2) is 12.1 Å². The summed E-state index contributed by atoms with van der Waals surface area (Å²) in [7, 11) is 1.84. The van der Waals surface area contributed by atoms with Gasteiger partial charge in [-0.2, -0.15) is 0 Å². The van der Waals surface area contributed by atoms with E-state index in [2.05, 4.69) is 35.9 Å². The number of hydrogen-bond donors (Lipinski definition) is 4. The molecule has 1 aromatic heterocycles. The van der Waals surface area contributed by atoms with Crippen LogP contribution in [-0.2, 0) is 4.79 Å². The normalized spacial score (nSPS) is 22.8. The molecule has 3 atom stereocenters. The van der Waals surface area contributed by atoms with Gasteiger partial charge in [0, 0.05) is 57.4 Å². The summed E-state index contributed by atoms with van der Waals surface area (Å²) in [5, 5.41) is 7.18. The maximum Gasteiger partial charge on any atom is 0.319 e. The third-order valence-corrected chi connectivity index (χ3v) is 6.40. The van der Waals surface area contributed by atoms with Gasteiger partial charge in [0.1, 0.15) is 12.1 Å². The number of hydrazine groups is 1. The van der Waals surface area contributed by atoms with Crippen LogP contribution in [0.1, 0.15) is 27.7 Å². The number of nitrogens with zero attached hydrogens (tertiary/aromatic N) is 7. The number of aromatic nitrogens is 2. The fourth-order valence-corrected chi connectivity index (χ4v) is 4.70. The molecule has 13 nitrogen and oxygen atoms in total. The van der Waals surface area contributed by atoms with Crippen molar-refractivity contribution in [1.82, 2.24) is 30.5 Å². The Bertz CT molecular complexity index is 1140. The molecule has 13 heteroatoms. The van der Waals surface area contributed by atoms with E-state index in [1.165, 1.54) is 6.33 Å². The van der Waals surface area contributed by atoms with E-state index in [9.17, 15) is 9.59 Å². The van der Waals surface area contributed by atoms with E-state index in [4.69, 9.17) is 5.73 Å². The lowest BCUT2D eigenvalue weighted by Gasteiger charge is -2.44. The monoisotopic (exact) mass is 509 g/mol. The number of aliphatic imine (C=N–C) groups is 1. The SMILES string of the molecule is CCNC(=O)Nc1ccc(N=C2NN(c3cc(N4CC(C)N(C(C)=O)C(C)C4)ncn3)C(N)N2C)cc1. The summed E-state index contributed by atoms with van der Waals surface area (Å²) in [5.74, 6) is 2.00. The fourth-order valence-electron chi connectivity index (χ4n) is 4.70. The Kier molecular flexibility index (Phi) is 7.62. The number of nitrogens with two attached hydrogens (primary N) is 1. The molecular formula is C24H35N11O2. The average molecular weight is 510 g/mol. The van der Waals surface area contributed by atoms with Gasteiger partial charge in [-0.25, -0.2) is 24.8 Å². The number of guanidine groups is 1. The van der Waals surface area contributed by atoms with Gasteiger partial charge in [-0.15, -0.1) is 0 Å². The van der Waals surface area contributed by atoms with Crippen molar-refractivity contribution in [1.29, 1.82) is 0 Å². The number of urea groups is 1. The van der Waals surface area contributed by atoms with Crippen LogP contribution in [-0.4, -0.2) is 82.7 Å². The molecule has 0 spiro atoms. The smallest absolute Gasteiger partial charge is 0.319 e. The van der Waals surface area contributed by atoms with Crippen LogP contribution in [0.15, 0.2) is 41.7 Å². The van der Waals surface area contributed by atoms with Crippen LogP contribution < -0.4 is 31.7 Å². The van der Waals surface area contributed by atoms with E-state index >= 15 is 0 Å². The van der Waals surface area contributed by atoms with E-state index in [0.717, 1.165) is 5.82 Å². The Hall–Kier alpha value is -4.13. The Labute approximate surface area is 216 Å². The number of hydrogen-bond acceptors (Lipinski definition) is 8. The van der Waals surface area contributed by atoms with Gasteiger partial charge >= 0.3 is 6.03 Å². The Morgan fingerprint density at radius 3 is 2.41 bits per heavy atom. The van der Waals surface area contributed by atoms with E-state index in [1.54, 1.807) is 29.0 Å². The van der Waals surface area contributed by atoms with Crippen LogP contribution in [0.25, 0.3) is 0 Å². The first-order chi connectivity index (χ1) is 17.7. The quantitative estimate of drug-likeness (QED) is 0.467. The molecule has 2 aliphatic rings. The first kappa shape index (κ1) is 25.9. The number of carbonyl (C=O) groups excluding carboxylic acids is 2. The largest absolute Gasteiger partial charge is 0.352 e. The molecule has 5 N–H and O–H groups in total. The second-order valence-electron chi connectivity index (χ2n) is 9.24. The van der Waals surface area contributed by atoms with Gasteiger partial charge in [-0.1, -0.05) is 0 Å². The lowest BCUT2D eigenvalue weighted by Crippen LogP contribution is -2.58. The zero-order valence-corrected chi connectivity index (χ0v) is 21.8. The predicted molar refractivity (Wildman–Crippen MR) is 143 cm³/mol. The van der Waals surface area contributed by atoms with E-state index in [0.29, 0.717) is 42.8 Å². The molecule has 3 amide bonds. The zero-order valence-electron chi connectivity index (χ0n) is 21.8. The highest BCUT2D eigenvalue weighted by Crippen LogP contribution is 2.25. The summed E-state index contributed by atoms with van der Waals surface area (Å²) in [4.78, 5) is 43.2. The number of piperazine rings is 1. The molecule has 2 saturated heterocycles. The van der Waals surface area contributed by atoms with Crippen molar-refractivity contribution in [3.05, 3.63) is 36.7 Å². The van der Waals surface area contributed by atoms with Crippen LogP contribution in [0.4, 0.5) is 27.8 Å². The minimum absolute atomic E-state index is 0.0688. The van der Waals surface area contributed by atoms with Gasteiger partial charge in [-0.05, 0) is 45.0 Å². The van der Waals surface area contributed by atoms with Crippen molar-refractivity contribution in [2.75, 3.05) is 41.9 Å². The van der Waals surface area contributed by atoms with Gasteiger partial charge in [0.2, 0.25) is 11.9 Å². The summed E-state index contributed by atoms with van der Waals surface area (Å²) >= 11 is 0. The molecule has 198 valence electrons. The number of carbonyl (C=O) groups is 2. The van der Waals surface area contributed by atoms with Crippen molar-refractivity contribution < 1.29 is 9.59 Å². The standard InChI is InChI=1S/C24H35N11O2/c1-6-26-24(37)30-19-9-7-18(8-10-19)29-23-31-35(22(25)32(23)5)21-11-20(27-14-28-21)33-12-15(2)34(17(4)36)16(3)13-33/h7-11,14-16,22H,6,12-13,25H2,1-5H3,(H,29,31)(H2,26,30,37). The van der Waals surface area contributed by atoms with Crippen molar-refractivity contribution in [3.8, 4) is 0 Å². The third kappa shape index (κ3) is 5.66. The average Bonchev–Trinajstić information content (AvgIpc) is 3.13. The summed E-state index contributed by atoms with van der Waals surface area (Å²) in [6.07, 6.45) is 0.967. The maximum absolute atomic E-state index is 12.0. The highest BCUT2D eigenvalue weighted by atomic mass is 16.2. The van der Waals surface area contributed by atoms with E-state index in [1.807, 2.05) is 50.9 Å². The minimum Gasteiger partial charge on any atom is -0.352 e. The summed E-state index contributed by atoms with van der Waals surface area (Å²) in [6.45, 7) is 9.47. The van der Waals surface area contributed by atoms with Crippen LogP contribution in [0, 0.1) is 0 Å². The first-order valence-electron chi connectivity index (χ1n) is 12.3. The van der Waals surface area contributed by atoms with Gasteiger partial charge in [0.25, 0.3) is 0 Å². The minimum atomic E-state index is -0.549. The molecule has 0 radical (unpaired) electrons. The molecule has 0 aliphatic carbocycles. The van der Waals surface area contributed by atoms with Crippen molar-refractivity contribution in [2.24, 2.45) is 10.7 Å². The molecule has 2 aliphatic heterocycles. The Balaban J connectivity index is 1.48. The van der Waals surface area contributed by atoms with Crippen molar-refractivity contribution in [3.63, 3.8) is 0 Å². The molecule has 3 unspecified atom stereocenters. The molecule has 1 aromatic carbocycles. The van der Waals surface area contributed by atoms with Gasteiger partial charge in [0.05, 0.1) is 5.69 Å². The zero-order chi connectivity index (χ0) is 26.7. The summed E-state index contributed by atoms with van der Waals surface area (Å²) in [5.41, 5.74) is 11.1. The Morgan fingerprint density at radius 1 is 1.14 bits per heavy atom. The molecule has 37 heavy (non-hydrogen) atoms. The molecular weight excluding hydrogens is 474 g/mol. The predicted octanol–water partition coefficient (Wildman–Crippen LogP) is 1.25. The number of nitrogens with one attached hydrogen (secondary N) is 3. The number of benzene rings is 1. The molecule has 3 heterocycles. The molecule has 0 bridgehead atoms. The molecule has 0 saturated carbocycles. The lowest BCUT2D eigenvalue weighted by molar-refractivity contribution is -0.133. The maximum atomic E-state index is 12.0. The van der Waals surface area contributed by atoms with E-state index in [-0.39, 0.29) is 24.0 Å². The highest BCUT2D eigenvalue weighted by molar-refractivity contribution is 5.90. The van der Waals surface area contributed by atoms with E-state index < -0.39 is 6.29 Å². The van der Waals surface area contributed by atoms with Crippen molar-refractivity contribution in [2.45, 2.75) is 46.1 Å².